The van der Waals surface area contributed by atoms with Crippen molar-refractivity contribution in [2.24, 2.45) is 0 Å². The summed E-state index contributed by atoms with van der Waals surface area (Å²) in [5, 5.41) is 4.67. The number of rotatable bonds is 2. The zero-order valence-electron chi connectivity index (χ0n) is 13.9. The predicted molar refractivity (Wildman–Crippen MR) is 103 cm³/mol. The Morgan fingerprint density at radius 1 is 1.19 bits per heavy atom. The summed E-state index contributed by atoms with van der Waals surface area (Å²) in [5.74, 6) is 0.773. The van der Waals surface area contributed by atoms with Gasteiger partial charge in [-0.15, -0.1) is 0 Å². The number of fused-ring (bicyclic) bond motifs is 3. The lowest BCUT2D eigenvalue weighted by Crippen LogP contribution is -2.20. The second-order valence-electron chi connectivity index (χ2n) is 6.13. The lowest BCUT2D eigenvalue weighted by molar-refractivity contribution is 0.325. The standard InChI is InChI=1S/C18H16Cl2N2O3S/c1-11-18-13-6-8-22(15(13)3-4-16(18)25-9-7-21-11)26(23,24)17-5-2-12(19)10-14(17)20/h2-6,8,10-11,21H,7,9H2,1H3. The molecule has 0 amide bonds. The maximum Gasteiger partial charge on any atom is 0.269 e. The summed E-state index contributed by atoms with van der Waals surface area (Å²) < 4.78 is 33.3. The van der Waals surface area contributed by atoms with Crippen LogP contribution in [0.4, 0.5) is 0 Å². The van der Waals surface area contributed by atoms with Gasteiger partial charge in [0.2, 0.25) is 0 Å². The van der Waals surface area contributed by atoms with Gasteiger partial charge in [-0.3, -0.25) is 0 Å². The van der Waals surface area contributed by atoms with E-state index in [2.05, 4.69) is 5.32 Å². The molecule has 0 radical (unpaired) electrons. The number of halogens is 2. The third-order valence-electron chi connectivity index (χ3n) is 4.51. The van der Waals surface area contributed by atoms with Crippen molar-refractivity contribution in [1.82, 2.24) is 9.29 Å². The Morgan fingerprint density at radius 2 is 2.00 bits per heavy atom. The first-order valence-corrected chi connectivity index (χ1v) is 10.3. The molecule has 136 valence electrons. The zero-order chi connectivity index (χ0) is 18.5. The monoisotopic (exact) mass is 410 g/mol. The summed E-state index contributed by atoms with van der Waals surface area (Å²) in [6.07, 6.45) is 1.54. The summed E-state index contributed by atoms with van der Waals surface area (Å²) in [7, 11) is -3.86. The highest BCUT2D eigenvalue weighted by Gasteiger charge is 2.25. The Hall–Kier alpha value is -1.73. The van der Waals surface area contributed by atoms with Crippen LogP contribution in [0.3, 0.4) is 0 Å². The maximum absolute atomic E-state index is 13.1. The number of nitrogens with one attached hydrogen (secondary N) is 1. The predicted octanol–water partition coefficient (Wildman–Crippen LogP) is 4.23. The second kappa shape index (κ2) is 6.46. The van der Waals surface area contributed by atoms with Crippen molar-refractivity contribution in [3.8, 4) is 5.75 Å². The molecular formula is C18H16Cl2N2O3S. The van der Waals surface area contributed by atoms with E-state index in [9.17, 15) is 8.42 Å². The minimum absolute atomic E-state index is 0.0124. The molecule has 0 aliphatic carbocycles. The zero-order valence-corrected chi connectivity index (χ0v) is 16.2. The normalized spacial score (nSPS) is 17.6. The topological polar surface area (TPSA) is 60.3 Å². The molecule has 5 nitrogen and oxygen atoms in total. The van der Waals surface area contributed by atoms with E-state index in [4.69, 9.17) is 27.9 Å². The lowest BCUT2D eigenvalue weighted by Gasteiger charge is -2.15. The molecular weight excluding hydrogens is 395 g/mol. The molecule has 2 aromatic carbocycles. The highest BCUT2D eigenvalue weighted by atomic mass is 35.5. The number of benzene rings is 2. The molecule has 4 rings (SSSR count). The van der Waals surface area contributed by atoms with Gasteiger partial charge in [0.25, 0.3) is 10.0 Å². The van der Waals surface area contributed by atoms with Gasteiger partial charge in [0, 0.05) is 34.8 Å². The molecule has 0 saturated carbocycles. The van der Waals surface area contributed by atoms with Gasteiger partial charge in [0.1, 0.15) is 17.3 Å². The molecule has 8 heteroatoms. The molecule has 1 aromatic heterocycles. The van der Waals surface area contributed by atoms with Crippen LogP contribution < -0.4 is 10.1 Å². The van der Waals surface area contributed by atoms with Gasteiger partial charge in [-0.25, -0.2) is 12.4 Å². The van der Waals surface area contributed by atoms with E-state index in [0.29, 0.717) is 17.1 Å². The number of ether oxygens (including phenoxy) is 1. The van der Waals surface area contributed by atoms with Crippen LogP contribution in [-0.4, -0.2) is 25.5 Å². The lowest BCUT2D eigenvalue weighted by atomic mass is 10.0. The van der Waals surface area contributed by atoms with E-state index in [1.165, 1.54) is 22.2 Å². The molecule has 0 fully saturated rings. The number of nitrogens with zero attached hydrogens (tertiary/aromatic N) is 1. The van der Waals surface area contributed by atoms with E-state index in [-0.39, 0.29) is 16.0 Å². The molecule has 1 aliphatic heterocycles. The first-order valence-electron chi connectivity index (χ1n) is 8.10. The largest absolute Gasteiger partial charge is 0.492 e. The van der Waals surface area contributed by atoms with Gasteiger partial charge in [0.05, 0.1) is 10.5 Å². The van der Waals surface area contributed by atoms with E-state index in [1.54, 1.807) is 18.3 Å². The summed E-state index contributed by atoms with van der Waals surface area (Å²) >= 11 is 12.0. The smallest absolute Gasteiger partial charge is 0.269 e. The van der Waals surface area contributed by atoms with Crippen molar-refractivity contribution in [1.29, 1.82) is 0 Å². The van der Waals surface area contributed by atoms with E-state index in [1.807, 2.05) is 13.0 Å². The van der Waals surface area contributed by atoms with Crippen LogP contribution in [-0.2, 0) is 10.0 Å². The van der Waals surface area contributed by atoms with Crippen molar-refractivity contribution in [2.45, 2.75) is 17.9 Å². The van der Waals surface area contributed by atoms with Gasteiger partial charge < -0.3 is 10.1 Å². The Labute approximate surface area is 161 Å². The Bertz CT molecular complexity index is 1110. The second-order valence-corrected chi connectivity index (χ2v) is 8.75. The van der Waals surface area contributed by atoms with E-state index in [0.717, 1.165) is 23.2 Å². The number of hydrogen-bond donors (Lipinski definition) is 1. The average molecular weight is 411 g/mol. The fourth-order valence-corrected chi connectivity index (χ4v) is 5.40. The fourth-order valence-electron chi connectivity index (χ4n) is 3.31. The van der Waals surface area contributed by atoms with Crippen LogP contribution in [0.2, 0.25) is 10.0 Å². The molecule has 1 aliphatic rings. The molecule has 2 heterocycles. The van der Waals surface area contributed by atoms with Crippen LogP contribution in [0, 0.1) is 0 Å². The SMILES string of the molecule is CC1NCCOc2ccc3c(ccn3S(=O)(=O)c3ccc(Cl)cc3Cl)c21. The van der Waals surface area contributed by atoms with Gasteiger partial charge in [-0.05, 0) is 43.3 Å². The molecule has 1 atom stereocenters. The molecule has 0 spiro atoms. The first-order chi connectivity index (χ1) is 12.4. The van der Waals surface area contributed by atoms with Crippen LogP contribution in [0.5, 0.6) is 5.75 Å². The highest BCUT2D eigenvalue weighted by molar-refractivity contribution is 7.90. The van der Waals surface area contributed by atoms with Gasteiger partial charge in [-0.2, -0.15) is 0 Å². The van der Waals surface area contributed by atoms with Crippen LogP contribution in [0.15, 0.2) is 47.5 Å². The summed E-state index contributed by atoms with van der Waals surface area (Å²) in [4.78, 5) is 0.0124. The number of aromatic nitrogens is 1. The number of hydrogen-bond acceptors (Lipinski definition) is 4. The Morgan fingerprint density at radius 3 is 2.77 bits per heavy atom. The quantitative estimate of drug-likeness (QED) is 0.686. The van der Waals surface area contributed by atoms with Crippen LogP contribution in [0.1, 0.15) is 18.5 Å². The van der Waals surface area contributed by atoms with Crippen LogP contribution >= 0.6 is 23.2 Å². The summed E-state index contributed by atoms with van der Waals surface area (Å²) in [5.41, 5.74) is 1.53. The van der Waals surface area contributed by atoms with Crippen molar-refractivity contribution < 1.29 is 13.2 Å². The molecule has 1 unspecified atom stereocenters. The summed E-state index contributed by atoms with van der Waals surface area (Å²) in [6.45, 7) is 3.34. The van der Waals surface area contributed by atoms with Crippen molar-refractivity contribution in [3.05, 3.63) is 58.2 Å². The average Bonchev–Trinajstić information content (AvgIpc) is 2.93. The third kappa shape index (κ3) is 2.77. The Balaban J connectivity index is 1.93. The molecule has 0 saturated heterocycles. The first kappa shape index (κ1) is 17.7. The molecule has 26 heavy (non-hydrogen) atoms. The maximum atomic E-state index is 13.1. The van der Waals surface area contributed by atoms with Gasteiger partial charge in [-0.1, -0.05) is 23.2 Å². The highest BCUT2D eigenvalue weighted by Crippen LogP contribution is 2.36. The van der Waals surface area contributed by atoms with E-state index >= 15 is 0 Å². The summed E-state index contributed by atoms with van der Waals surface area (Å²) in [6, 6.07) is 9.77. The fraction of sp³-hybridized carbons (Fsp3) is 0.222. The van der Waals surface area contributed by atoms with Gasteiger partial charge >= 0.3 is 0 Å². The minimum atomic E-state index is -3.86. The van der Waals surface area contributed by atoms with Crippen molar-refractivity contribution in [3.63, 3.8) is 0 Å². The van der Waals surface area contributed by atoms with Crippen molar-refractivity contribution >= 4 is 44.1 Å². The Kier molecular flexibility index (Phi) is 4.39. The van der Waals surface area contributed by atoms with Gasteiger partial charge in [0.15, 0.2) is 0 Å². The third-order valence-corrected chi connectivity index (χ3v) is 6.92. The van der Waals surface area contributed by atoms with Crippen LogP contribution in [0.25, 0.3) is 10.9 Å². The molecule has 0 bridgehead atoms. The van der Waals surface area contributed by atoms with E-state index < -0.39 is 10.0 Å². The molecule has 3 aromatic rings. The van der Waals surface area contributed by atoms with Crippen molar-refractivity contribution in [2.75, 3.05) is 13.2 Å². The minimum Gasteiger partial charge on any atom is -0.492 e. The molecule has 1 N–H and O–H groups in total.